The molecule has 2 aromatic rings. The van der Waals surface area contributed by atoms with Crippen molar-refractivity contribution in [3.8, 4) is 5.75 Å². The number of anilines is 1. The zero-order valence-electron chi connectivity index (χ0n) is 11.4. The highest BCUT2D eigenvalue weighted by atomic mass is 19.1. The summed E-state index contributed by atoms with van der Waals surface area (Å²) in [7, 11) is 0. The average molecular weight is 273 g/mol. The van der Waals surface area contributed by atoms with Crippen LogP contribution in [-0.2, 0) is 4.79 Å². The topological polar surface area (TPSA) is 38.3 Å². The minimum Gasteiger partial charge on any atom is -0.481 e. The average Bonchev–Trinajstić information content (AvgIpc) is 2.42. The predicted octanol–water partition coefficient (Wildman–Crippen LogP) is 3.46. The largest absolute Gasteiger partial charge is 0.481 e. The summed E-state index contributed by atoms with van der Waals surface area (Å²) >= 11 is 0. The van der Waals surface area contributed by atoms with Gasteiger partial charge >= 0.3 is 0 Å². The fraction of sp³-hybridized carbons (Fsp3) is 0.188. The van der Waals surface area contributed by atoms with Gasteiger partial charge in [-0.2, -0.15) is 0 Å². The van der Waals surface area contributed by atoms with E-state index in [9.17, 15) is 9.18 Å². The molecule has 0 unspecified atom stereocenters. The highest BCUT2D eigenvalue weighted by Gasteiger charge is 2.09. The number of hydrogen-bond donors (Lipinski definition) is 1. The number of nitrogens with one attached hydrogen (secondary N) is 1. The van der Waals surface area contributed by atoms with Gasteiger partial charge in [-0.05, 0) is 37.1 Å². The maximum Gasteiger partial charge on any atom is 0.262 e. The maximum atomic E-state index is 13.3. The van der Waals surface area contributed by atoms with Gasteiger partial charge in [0.1, 0.15) is 0 Å². The fourth-order valence-corrected chi connectivity index (χ4v) is 1.89. The first kappa shape index (κ1) is 14.1. The molecule has 3 nitrogen and oxygen atoms in total. The Morgan fingerprint density at radius 1 is 1.10 bits per heavy atom. The summed E-state index contributed by atoms with van der Waals surface area (Å²) in [6, 6.07) is 11.8. The van der Waals surface area contributed by atoms with Crippen LogP contribution in [0.3, 0.4) is 0 Å². The monoisotopic (exact) mass is 273 g/mol. The van der Waals surface area contributed by atoms with Gasteiger partial charge in [-0.1, -0.05) is 30.3 Å². The van der Waals surface area contributed by atoms with Crippen LogP contribution in [0.4, 0.5) is 10.1 Å². The molecule has 2 aromatic carbocycles. The molecular weight excluding hydrogens is 257 g/mol. The van der Waals surface area contributed by atoms with Crippen molar-refractivity contribution in [2.75, 3.05) is 11.9 Å². The predicted molar refractivity (Wildman–Crippen MR) is 76.4 cm³/mol. The van der Waals surface area contributed by atoms with Crippen LogP contribution in [0, 0.1) is 19.7 Å². The Morgan fingerprint density at radius 3 is 2.40 bits per heavy atom. The Labute approximate surface area is 117 Å². The second-order valence-corrected chi connectivity index (χ2v) is 4.53. The van der Waals surface area contributed by atoms with Gasteiger partial charge in [0.05, 0.1) is 0 Å². The van der Waals surface area contributed by atoms with Crippen molar-refractivity contribution in [3.05, 3.63) is 59.4 Å². The van der Waals surface area contributed by atoms with E-state index in [2.05, 4.69) is 5.32 Å². The summed E-state index contributed by atoms with van der Waals surface area (Å²) < 4.78 is 18.5. The van der Waals surface area contributed by atoms with Crippen LogP contribution in [0.25, 0.3) is 0 Å². The number of carbonyl (C=O) groups is 1. The highest BCUT2D eigenvalue weighted by Crippen LogP contribution is 2.19. The molecule has 2 rings (SSSR count). The summed E-state index contributed by atoms with van der Waals surface area (Å²) in [5, 5.41) is 2.78. The lowest BCUT2D eigenvalue weighted by atomic mass is 10.1. The molecule has 0 fully saturated rings. The number of para-hydroxylation sites is 2. The smallest absolute Gasteiger partial charge is 0.262 e. The first-order valence-corrected chi connectivity index (χ1v) is 6.31. The highest BCUT2D eigenvalue weighted by molar-refractivity contribution is 5.93. The standard InChI is InChI=1S/C16H16FNO2/c1-11-6-5-7-12(2)16(11)18-15(19)10-20-14-9-4-3-8-13(14)17/h3-9H,10H2,1-2H3,(H,18,19). The van der Waals surface area contributed by atoms with E-state index < -0.39 is 5.82 Å². The normalized spacial score (nSPS) is 10.2. The Morgan fingerprint density at radius 2 is 1.75 bits per heavy atom. The molecule has 0 bridgehead atoms. The minimum atomic E-state index is -0.479. The zero-order chi connectivity index (χ0) is 14.5. The summed E-state index contributed by atoms with van der Waals surface area (Å²) in [6.07, 6.45) is 0. The third-order valence-corrected chi connectivity index (χ3v) is 2.94. The molecule has 0 heterocycles. The quantitative estimate of drug-likeness (QED) is 0.926. The first-order chi connectivity index (χ1) is 9.58. The minimum absolute atomic E-state index is 0.0733. The lowest BCUT2D eigenvalue weighted by molar-refractivity contribution is -0.118. The van der Waals surface area contributed by atoms with Crippen molar-refractivity contribution >= 4 is 11.6 Å². The zero-order valence-corrected chi connectivity index (χ0v) is 11.4. The molecule has 0 saturated carbocycles. The lowest BCUT2D eigenvalue weighted by Crippen LogP contribution is -2.21. The number of ether oxygens (including phenoxy) is 1. The Balaban J connectivity index is 1.98. The molecular formula is C16H16FNO2. The number of amides is 1. The molecule has 0 aromatic heterocycles. The van der Waals surface area contributed by atoms with Gasteiger partial charge < -0.3 is 10.1 Å². The lowest BCUT2D eigenvalue weighted by Gasteiger charge is -2.12. The van der Waals surface area contributed by atoms with Gasteiger partial charge in [0, 0.05) is 5.69 Å². The van der Waals surface area contributed by atoms with E-state index in [-0.39, 0.29) is 18.3 Å². The van der Waals surface area contributed by atoms with Crippen molar-refractivity contribution in [3.63, 3.8) is 0 Å². The van der Waals surface area contributed by atoms with Crippen LogP contribution >= 0.6 is 0 Å². The van der Waals surface area contributed by atoms with Gasteiger partial charge in [0.25, 0.3) is 5.91 Å². The molecule has 20 heavy (non-hydrogen) atoms. The molecule has 4 heteroatoms. The molecule has 0 aliphatic rings. The number of rotatable bonds is 4. The summed E-state index contributed by atoms with van der Waals surface area (Å²) in [5.74, 6) is -0.720. The second-order valence-electron chi connectivity index (χ2n) is 4.53. The van der Waals surface area contributed by atoms with Gasteiger partial charge in [0.15, 0.2) is 18.2 Å². The third kappa shape index (κ3) is 3.35. The van der Waals surface area contributed by atoms with E-state index in [0.717, 1.165) is 16.8 Å². The molecule has 0 saturated heterocycles. The van der Waals surface area contributed by atoms with Crippen molar-refractivity contribution in [1.82, 2.24) is 0 Å². The molecule has 1 amide bonds. The Kier molecular flexibility index (Phi) is 4.35. The van der Waals surface area contributed by atoms with E-state index in [1.165, 1.54) is 12.1 Å². The number of benzene rings is 2. The molecule has 1 N–H and O–H groups in total. The van der Waals surface area contributed by atoms with Crippen molar-refractivity contribution < 1.29 is 13.9 Å². The fourth-order valence-electron chi connectivity index (χ4n) is 1.89. The van der Waals surface area contributed by atoms with E-state index in [4.69, 9.17) is 4.74 Å². The molecule has 104 valence electrons. The molecule has 0 spiro atoms. The van der Waals surface area contributed by atoms with Crippen molar-refractivity contribution in [2.24, 2.45) is 0 Å². The van der Waals surface area contributed by atoms with E-state index in [1.54, 1.807) is 12.1 Å². The second kappa shape index (κ2) is 6.19. The van der Waals surface area contributed by atoms with Crippen molar-refractivity contribution in [2.45, 2.75) is 13.8 Å². The molecule has 0 aliphatic carbocycles. The molecule has 0 aliphatic heterocycles. The van der Waals surface area contributed by atoms with Gasteiger partial charge in [0.2, 0.25) is 0 Å². The van der Waals surface area contributed by atoms with Gasteiger partial charge in [-0.3, -0.25) is 4.79 Å². The number of carbonyl (C=O) groups excluding carboxylic acids is 1. The molecule has 0 radical (unpaired) electrons. The van der Waals surface area contributed by atoms with Crippen LogP contribution in [0.1, 0.15) is 11.1 Å². The number of aryl methyl sites for hydroxylation is 2. The Bertz CT molecular complexity index is 605. The van der Waals surface area contributed by atoms with Gasteiger partial charge in [-0.25, -0.2) is 4.39 Å². The van der Waals surface area contributed by atoms with Crippen molar-refractivity contribution in [1.29, 1.82) is 0 Å². The van der Waals surface area contributed by atoms with E-state index in [1.807, 2.05) is 32.0 Å². The van der Waals surface area contributed by atoms with Crippen LogP contribution in [0.2, 0.25) is 0 Å². The van der Waals surface area contributed by atoms with Gasteiger partial charge in [-0.15, -0.1) is 0 Å². The summed E-state index contributed by atoms with van der Waals surface area (Å²) in [6.45, 7) is 3.61. The van der Waals surface area contributed by atoms with E-state index >= 15 is 0 Å². The summed E-state index contributed by atoms with van der Waals surface area (Å²) in [5.41, 5.74) is 2.73. The summed E-state index contributed by atoms with van der Waals surface area (Å²) in [4.78, 5) is 11.8. The van der Waals surface area contributed by atoms with Crippen LogP contribution in [0.5, 0.6) is 5.75 Å². The van der Waals surface area contributed by atoms with Crippen LogP contribution in [0.15, 0.2) is 42.5 Å². The Hall–Kier alpha value is -2.36. The first-order valence-electron chi connectivity index (χ1n) is 6.31. The van der Waals surface area contributed by atoms with Crippen LogP contribution in [-0.4, -0.2) is 12.5 Å². The maximum absolute atomic E-state index is 13.3. The number of halogens is 1. The van der Waals surface area contributed by atoms with Crippen LogP contribution < -0.4 is 10.1 Å². The number of hydrogen-bond acceptors (Lipinski definition) is 2. The van der Waals surface area contributed by atoms with E-state index in [0.29, 0.717) is 0 Å². The molecule has 0 atom stereocenters. The third-order valence-electron chi connectivity index (χ3n) is 2.94. The SMILES string of the molecule is Cc1cccc(C)c1NC(=O)COc1ccccc1F.